The fourth-order valence-corrected chi connectivity index (χ4v) is 2.31. The van der Waals surface area contributed by atoms with E-state index >= 15 is 0 Å². The summed E-state index contributed by atoms with van der Waals surface area (Å²) in [6.45, 7) is 2.71. The van der Waals surface area contributed by atoms with E-state index in [-0.39, 0.29) is 29.7 Å². The van der Waals surface area contributed by atoms with Gasteiger partial charge in [-0.1, -0.05) is 6.07 Å². The zero-order chi connectivity index (χ0) is 12.4. The number of hydrogen-bond acceptors (Lipinski definition) is 2. The summed E-state index contributed by atoms with van der Waals surface area (Å²) in [4.78, 5) is 12.0. The Kier molecular flexibility index (Phi) is 3.52. The number of halogens is 2. The normalized spacial score (nSPS) is 23.9. The van der Waals surface area contributed by atoms with Gasteiger partial charge in [-0.25, -0.2) is 8.78 Å². The molecule has 1 aromatic rings. The van der Waals surface area contributed by atoms with Crippen molar-refractivity contribution >= 4 is 5.78 Å². The Hall–Kier alpha value is -1.29. The first kappa shape index (κ1) is 12.2. The first-order chi connectivity index (χ1) is 8.09. The summed E-state index contributed by atoms with van der Waals surface area (Å²) in [5.41, 5.74) is -0.114. The third-order valence-corrected chi connectivity index (χ3v) is 3.35. The van der Waals surface area contributed by atoms with Crippen molar-refractivity contribution in [1.29, 1.82) is 0 Å². The molecule has 1 heterocycles. The molecular formula is C13H15F2NO. The Morgan fingerprint density at radius 1 is 1.41 bits per heavy atom. The van der Waals surface area contributed by atoms with Crippen molar-refractivity contribution in [2.45, 2.75) is 25.8 Å². The molecule has 0 amide bonds. The zero-order valence-corrected chi connectivity index (χ0v) is 9.67. The lowest BCUT2D eigenvalue weighted by Crippen LogP contribution is -2.29. The molecule has 2 rings (SSSR count). The maximum absolute atomic E-state index is 13.4. The van der Waals surface area contributed by atoms with Crippen LogP contribution in [0.3, 0.4) is 0 Å². The van der Waals surface area contributed by atoms with E-state index in [2.05, 4.69) is 5.32 Å². The highest BCUT2D eigenvalue weighted by Crippen LogP contribution is 2.20. The number of nitrogens with one attached hydrogen (secondary N) is 1. The molecule has 1 N–H and O–H groups in total. The first-order valence-corrected chi connectivity index (χ1v) is 5.78. The number of carbonyl (C=O) groups is 1. The summed E-state index contributed by atoms with van der Waals surface area (Å²) >= 11 is 0. The molecule has 1 aliphatic rings. The highest BCUT2D eigenvalue weighted by atomic mass is 19.1. The van der Waals surface area contributed by atoms with Crippen molar-refractivity contribution in [1.82, 2.24) is 5.32 Å². The quantitative estimate of drug-likeness (QED) is 0.875. The summed E-state index contributed by atoms with van der Waals surface area (Å²) in [5.74, 6) is -1.51. The second-order valence-electron chi connectivity index (χ2n) is 4.48. The van der Waals surface area contributed by atoms with E-state index in [0.717, 1.165) is 13.0 Å². The third-order valence-electron chi connectivity index (χ3n) is 3.35. The molecule has 17 heavy (non-hydrogen) atoms. The van der Waals surface area contributed by atoms with E-state index in [4.69, 9.17) is 0 Å². The molecule has 0 aliphatic carbocycles. The van der Waals surface area contributed by atoms with Gasteiger partial charge in [0.15, 0.2) is 0 Å². The second kappa shape index (κ2) is 4.92. The Morgan fingerprint density at radius 2 is 2.06 bits per heavy atom. The average Bonchev–Trinajstić information content (AvgIpc) is 2.70. The van der Waals surface area contributed by atoms with Crippen LogP contribution in [-0.4, -0.2) is 18.4 Å². The molecule has 1 aliphatic heterocycles. The van der Waals surface area contributed by atoms with Crippen LogP contribution in [0, 0.1) is 17.6 Å². The van der Waals surface area contributed by atoms with E-state index in [1.807, 2.05) is 6.92 Å². The highest BCUT2D eigenvalue weighted by Gasteiger charge is 2.30. The average molecular weight is 239 g/mol. The molecule has 0 saturated carbocycles. The van der Waals surface area contributed by atoms with Crippen LogP contribution in [0.25, 0.3) is 0 Å². The highest BCUT2D eigenvalue weighted by molar-refractivity contribution is 5.84. The molecule has 0 radical (unpaired) electrons. The predicted molar refractivity (Wildman–Crippen MR) is 60.6 cm³/mol. The van der Waals surface area contributed by atoms with Crippen molar-refractivity contribution < 1.29 is 13.6 Å². The number of carbonyl (C=O) groups excluding carboxylic acids is 1. The smallest absolute Gasteiger partial charge is 0.142 e. The monoisotopic (exact) mass is 239 g/mol. The van der Waals surface area contributed by atoms with Crippen LogP contribution < -0.4 is 5.32 Å². The number of hydrogen-bond donors (Lipinski definition) is 1. The van der Waals surface area contributed by atoms with Crippen molar-refractivity contribution in [3.63, 3.8) is 0 Å². The minimum absolute atomic E-state index is 0.0912. The molecule has 1 aromatic carbocycles. The molecule has 1 saturated heterocycles. The molecule has 0 bridgehead atoms. The molecule has 0 aromatic heterocycles. The van der Waals surface area contributed by atoms with Gasteiger partial charge in [-0.2, -0.15) is 0 Å². The molecule has 2 nitrogen and oxygen atoms in total. The maximum Gasteiger partial charge on any atom is 0.142 e. The van der Waals surface area contributed by atoms with Crippen LogP contribution in [0.15, 0.2) is 18.2 Å². The van der Waals surface area contributed by atoms with E-state index in [0.29, 0.717) is 0 Å². The Balaban J connectivity index is 2.13. The number of benzene rings is 1. The number of ketones is 1. The Morgan fingerprint density at radius 3 is 2.59 bits per heavy atom. The standard InChI is InChI=1S/C13H15F2NO/c1-8-9(5-6-16-8)13(17)7-10-11(14)3-2-4-12(10)15/h2-4,8-9,16H,5-7H2,1H3. The SMILES string of the molecule is CC1NCCC1C(=O)Cc1c(F)cccc1F. The van der Waals surface area contributed by atoms with Gasteiger partial charge in [-0.05, 0) is 32.0 Å². The zero-order valence-electron chi connectivity index (χ0n) is 9.67. The third kappa shape index (κ3) is 2.52. The van der Waals surface area contributed by atoms with Gasteiger partial charge >= 0.3 is 0 Å². The van der Waals surface area contributed by atoms with Crippen LogP contribution in [0.2, 0.25) is 0 Å². The van der Waals surface area contributed by atoms with Crippen LogP contribution in [0.4, 0.5) is 8.78 Å². The topological polar surface area (TPSA) is 29.1 Å². The van der Waals surface area contributed by atoms with Crippen LogP contribution >= 0.6 is 0 Å². The van der Waals surface area contributed by atoms with Crippen molar-refractivity contribution in [2.24, 2.45) is 5.92 Å². The van der Waals surface area contributed by atoms with Crippen molar-refractivity contribution in [3.05, 3.63) is 35.4 Å². The first-order valence-electron chi connectivity index (χ1n) is 5.78. The molecule has 92 valence electrons. The lowest BCUT2D eigenvalue weighted by Gasteiger charge is -2.14. The molecule has 2 unspecified atom stereocenters. The van der Waals surface area contributed by atoms with Crippen LogP contribution in [0.5, 0.6) is 0 Å². The van der Waals surface area contributed by atoms with Gasteiger partial charge in [-0.15, -0.1) is 0 Å². The number of Topliss-reactive ketones (excluding diaryl/α,β-unsaturated/α-hetero) is 1. The van der Waals surface area contributed by atoms with Gasteiger partial charge in [-0.3, -0.25) is 4.79 Å². The van der Waals surface area contributed by atoms with Crippen molar-refractivity contribution in [2.75, 3.05) is 6.54 Å². The summed E-state index contributed by atoms with van der Waals surface area (Å²) in [6, 6.07) is 3.76. The summed E-state index contributed by atoms with van der Waals surface area (Å²) < 4.78 is 26.8. The van der Waals surface area contributed by atoms with Gasteiger partial charge in [0.2, 0.25) is 0 Å². The van der Waals surface area contributed by atoms with Gasteiger partial charge < -0.3 is 5.32 Å². The van der Waals surface area contributed by atoms with Crippen molar-refractivity contribution in [3.8, 4) is 0 Å². The summed E-state index contributed by atoms with van der Waals surface area (Å²) in [5, 5.41) is 3.16. The lowest BCUT2D eigenvalue weighted by atomic mass is 9.92. The lowest BCUT2D eigenvalue weighted by molar-refractivity contribution is -0.122. The van der Waals surface area contributed by atoms with Gasteiger partial charge in [0.25, 0.3) is 0 Å². The van der Waals surface area contributed by atoms with Crippen LogP contribution in [-0.2, 0) is 11.2 Å². The van der Waals surface area contributed by atoms with Crippen LogP contribution in [0.1, 0.15) is 18.9 Å². The minimum Gasteiger partial charge on any atom is -0.314 e. The summed E-state index contributed by atoms with van der Waals surface area (Å²) in [6.07, 6.45) is 0.589. The minimum atomic E-state index is -0.642. The second-order valence-corrected chi connectivity index (χ2v) is 4.48. The number of rotatable bonds is 3. The van der Waals surface area contributed by atoms with E-state index in [1.54, 1.807) is 0 Å². The molecule has 0 spiro atoms. The van der Waals surface area contributed by atoms with E-state index in [1.165, 1.54) is 18.2 Å². The molecular weight excluding hydrogens is 224 g/mol. The molecule has 2 atom stereocenters. The van der Waals surface area contributed by atoms with E-state index < -0.39 is 11.6 Å². The van der Waals surface area contributed by atoms with Gasteiger partial charge in [0, 0.05) is 23.9 Å². The fourth-order valence-electron chi connectivity index (χ4n) is 2.31. The fraction of sp³-hybridized carbons (Fsp3) is 0.462. The Labute approximate surface area is 99.0 Å². The van der Waals surface area contributed by atoms with E-state index in [9.17, 15) is 13.6 Å². The Bertz CT molecular complexity index is 413. The maximum atomic E-state index is 13.4. The van der Waals surface area contributed by atoms with Gasteiger partial charge in [0.1, 0.15) is 17.4 Å². The molecule has 1 fully saturated rings. The summed E-state index contributed by atoms with van der Waals surface area (Å²) in [7, 11) is 0. The molecule has 4 heteroatoms. The van der Waals surface area contributed by atoms with Gasteiger partial charge in [0.05, 0.1) is 0 Å². The largest absolute Gasteiger partial charge is 0.314 e. The predicted octanol–water partition coefficient (Wildman–Crippen LogP) is 2.07.